The number of imidazole rings is 1. The highest BCUT2D eigenvalue weighted by atomic mass is 35.5. The van der Waals surface area contributed by atoms with E-state index < -0.39 is 0 Å². The molecule has 6 nitrogen and oxygen atoms in total. The van der Waals surface area contributed by atoms with Crippen LogP contribution in [0.3, 0.4) is 0 Å². The molecular weight excluding hydrogens is 431 g/mol. The van der Waals surface area contributed by atoms with Crippen LogP contribution in [0.1, 0.15) is 24.8 Å². The molecule has 1 amide bonds. The summed E-state index contributed by atoms with van der Waals surface area (Å²) >= 11 is 6.36. The maximum absolute atomic E-state index is 13.6. The number of carbonyl (C=O) groups is 1. The van der Waals surface area contributed by atoms with Crippen molar-refractivity contribution in [1.29, 1.82) is 0 Å². The fraction of sp³-hybridized carbons (Fsp3) is 0.417. The van der Waals surface area contributed by atoms with Crippen LogP contribution >= 0.6 is 11.6 Å². The molecule has 1 atom stereocenters. The second-order valence-electron chi connectivity index (χ2n) is 8.64. The van der Waals surface area contributed by atoms with Crippen molar-refractivity contribution in [1.82, 2.24) is 14.9 Å². The minimum absolute atomic E-state index is 0.00723. The summed E-state index contributed by atoms with van der Waals surface area (Å²) in [6, 6.07) is 10.5. The third kappa shape index (κ3) is 4.07. The first-order valence-corrected chi connectivity index (χ1v) is 11.4. The van der Waals surface area contributed by atoms with Crippen molar-refractivity contribution in [2.24, 2.45) is 5.92 Å². The van der Waals surface area contributed by atoms with Crippen molar-refractivity contribution in [2.75, 3.05) is 31.2 Å². The number of rotatable bonds is 4. The molecule has 2 aliphatic heterocycles. The number of aryl methyl sites for hydroxylation is 1. The lowest BCUT2D eigenvalue weighted by Crippen LogP contribution is -2.44. The number of amides is 1. The molecule has 0 saturated carbocycles. The highest BCUT2D eigenvalue weighted by molar-refractivity contribution is 6.32. The largest absolute Gasteiger partial charge is 0.379 e. The third-order valence-corrected chi connectivity index (χ3v) is 6.83. The van der Waals surface area contributed by atoms with Crippen molar-refractivity contribution in [3.05, 3.63) is 52.8 Å². The predicted octanol–water partition coefficient (Wildman–Crippen LogP) is 4.25. The van der Waals surface area contributed by atoms with Gasteiger partial charge in [-0.3, -0.25) is 9.36 Å². The van der Waals surface area contributed by atoms with Gasteiger partial charge in [0.05, 0.1) is 23.7 Å². The van der Waals surface area contributed by atoms with Crippen molar-refractivity contribution in [3.8, 4) is 5.69 Å². The highest BCUT2D eigenvalue weighted by Gasteiger charge is 2.30. The normalized spacial score (nSPS) is 19.6. The summed E-state index contributed by atoms with van der Waals surface area (Å²) < 4.78 is 21.0. The van der Waals surface area contributed by atoms with Crippen LogP contribution in [-0.2, 0) is 9.53 Å². The smallest absolute Gasteiger partial charge is 0.223 e. The molecule has 0 bridgehead atoms. The van der Waals surface area contributed by atoms with Crippen LogP contribution < -0.4 is 10.2 Å². The summed E-state index contributed by atoms with van der Waals surface area (Å²) in [5.41, 5.74) is 3.52. The number of halogens is 2. The van der Waals surface area contributed by atoms with Crippen LogP contribution in [0.5, 0.6) is 0 Å². The number of aromatic nitrogens is 2. The number of piperidine rings is 1. The summed E-state index contributed by atoms with van der Waals surface area (Å²) in [5.74, 6) is 0.622. The van der Waals surface area contributed by atoms with Gasteiger partial charge in [0.25, 0.3) is 0 Å². The number of carbonyl (C=O) groups excluding carboxylic acids is 1. The monoisotopic (exact) mass is 456 g/mol. The van der Waals surface area contributed by atoms with E-state index in [0.717, 1.165) is 60.6 Å². The van der Waals surface area contributed by atoms with E-state index in [4.69, 9.17) is 21.3 Å². The van der Waals surface area contributed by atoms with Gasteiger partial charge < -0.3 is 15.0 Å². The zero-order chi connectivity index (χ0) is 22.2. The molecule has 5 rings (SSSR count). The van der Waals surface area contributed by atoms with Crippen molar-refractivity contribution >= 4 is 34.5 Å². The number of anilines is 1. The van der Waals surface area contributed by atoms with E-state index in [1.54, 1.807) is 12.1 Å². The van der Waals surface area contributed by atoms with E-state index >= 15 is 0 Å². The van der Waals surface area contributed by atoms with Gasteiger partial charge in [0.1, 0.15) is 5.82 Å². The van der Waals surface area contributed by atoms with Crippen molar-refractivity contribution in [2.45, 2.75) is 32.2 Å². The van der Waals surface area contributed by atoms with Gasteiger partial charge in [0.2, 0.25) is 11.9 Å². The van der Waals surface area contributed by atoms with Gasteiger partial charge >= 0.3 is 0 Å². The molecule has 168 valence electrons. The number of nitrogens with zero attached hydrogens (tertiary/aromatic N) is 3. The summed E-state index contributed by atoms with van der Waals surface area (Å²) in [7, 11) is 0. The molecular formula is C24H26ClFN4O2. The Morgan fingerprint density at radius 3 is 2.62 bits per heavy atom. The van der Waals surface area contributed by atoms with E-state index in [-0.39, 0.29) is 23.7 Å². The average Bonchev–Trinajstić information content (AvgIpc) is 3.43. The summed E-state index contributed by atoms with van der Waals surface area (Å²) in [4.78, 5) is 19.8. The SMILES string of the molecule is Cc1cc2c(cc1Cl)nc(N1CCC(C(=O)N[C@@H]3CCOC3)CC1)n2-c1ccc(F)cc1. The molecule has 8 heteroatoms. The minimum atomic E-state index is -0.279. The molecule has 2 aromatic carbocycles. The average molecular weight is 457 g/mol. The Kier molecular flexibility index (Phi) is 5.78. The predicted molar refractivity (Wildman–Crippen MR) is 123 cm³/mol. The van der Waals surface area contributed by atoms with E-state index in [1.807, 2.05) is 23.6 Å². The van der Waals surface area contributed by atoms with E-state index in [0.29, 0.717) is 18.2 Å². The quantitative estimate of drug-likeness (QED) is 0.637. The lowest BCUT2D eigenvalue weighted by Gasteiger charge is -2.32. The summed E-state index contributed by atoms with van der Waals surface area (Å²) in [5, 5.41) is 3.79. The molecule has 1 N–H and O–H groups in total. The van der Waals surface area contributed by atoms with Gasteiger partial charge in [-0.15, -0.1) is 0 Å². The van der Waals surface area contributed by atoms with Crippen LogP contribution in [0.15, 0.2) is 36.4 Å². The number of hydrogen-bond acceptors (Lipinski definition) is 4. The molecule has 2 aliphatic rings. The van der Waals surface area contributed by atoms with E-state index in [9.17, 15) is 9.18 Å². The maximum atomic E-state index is 13.6. The van der Waals surface area contributed by atoms with Gasteiger partial charge in [-0.1, -0.05) is 11.6 Å². The van der Waals surface area contributed by atoms with Crippen molar-refractivity contribution < 1.29 is 13.9 Å². The van der Waals surface area contributed by atoms with Gasteiger partial charge in [-0.2, -0.15) is 0 Å². The van der Waals surface area contributed by atoms with Gasteiger partial charge in [0, 0.05) is 36.3 Å². The van der Waals surface area contributed by atoms with Gasteiger partial charge in [-0.05, 0) is 68.1 Å². The summed E-state index contributed by atoms with van der Waals surface area (Å²) in [6.07, 6.45) is 2.39. The molecule has 2 fully saturated rings. The molecule has 0 radical (unpaired) electrons. The first-order valence-electron chi connectivity index (χ1n) is 11.1. The Morgan fingerprint density at radius 2 is 1.94 bits per heavy atom. The number of hydrogen-bond donors (Lipinski definition) is 1. The van der Waals surface area contributed by atoms with E-state index in [2.05, 4.69) is 10.2 Å². The lowest BCUT2D eigenvalue weighted by atomic mass is 9.95. The highest BCUT2D eigenvalue weighted by Crippen LogP contribution is 2.33. The zero-order valence-electron chi connectivity index (χ0n) is 18.0. The molecule has 32 heavy (non-hydrogen) atoms. The standard InChI is InChI=1S/C24H26ClFN4O2/c1-15-12-22-21(13-20(15)25)28-24(30(22)19-4-2-17(26)3-5-19)29-9-6-16(7-10-29)23(31)27-18-8-11-32-14-18/h2-5,12-13,16,18H,6-11,14H2,1H3,(H,27,31)/t18-/m1/s1. The topological polar surface area (TPSA) is 59.4 Å². The van der Waals surface area contributed by atoms with Crippen LogP contribution in [-0.4, -0.2) is 47.8 Å². The van der Waals surface area contributed by atoms with Gasteiger partial charge in [0.15, 0.2) is 0 Å². The van der Waals surface area contributed by atoms with Crippen LogP contribution in [0.2, 0.25) is 5.02 Å². The maximum Gasteiger partial charge on any atom is 0.223 e. The Bertz CT molecular complexity index is 1130. The fourth-order valence-electron chi connectivity index (χ4n) is 4.56. The van der Waals surface area contributed by atoms with Crippen LogP contribution in [0.25, 0.3) is 16.7 Å². The second-order valence-corrected chi connectivity index (χ2v) is 9.05. The summed E-state index contributed by atoms with van der Waals surface area (Å²) in [6.45, 7) is 4.72. The molecule has 0 unspecified atom stereocenters. The van der Waals surface area contributed by atoms with Crippen molar-refractivity contribution in [3.63, 3.8) is 0 Å². The Morgan fingerprint density at radius 1 is 1.19 bits per heavy atom. The van der Waals surface area contributed by atoms with Crippen LogP contribution in [0.4, 0.5) is 10.3 Å². The molecule has 2 saturated heterocycles. The first kappa shape index (κ1) is 21.2. The van der Waals surface area contributed by atoms with Crippen LogP contribution in [0, 0.1) is 18.7 Å². The Hall–Kier alpha value is -2.64. The zero-order valence-corrected chi connectivity index (χ0v) is 18.7. The molecule has 0 aliphatic carbocycles. The Balaban J connectivity index is 1.42. The molecule has 3 aromatic rings. The second kappa shape index (κ2) is 8.71. The third-order valence-electron chi connectivity index (χ3n) is 6.43. The minimum Gasteiger partial charge on any atom is -0.379 e. The number of ether oxygens (including phenoxy) is 1. The Labute approximate surface area is 191 Å². The van der Waals surface area contributed by atoms with E-state index in [1.165, 1.54) is 12.1 Å². The number of nitrogens with one attached hydrogen (secondary N) is 1. The van der Waals surface area contributed by atoms with Gasteiger partial charge in [-0.25, -0.2) is 9.37 Å². The molecule has 0 spiro atoms. The fourth-order valence-corrected chi connectivity index (χ4v) is 4.71. The number of fused-ring (bicyclic) bond motifs is 1. The number of benzene rings is 2. The first-order chi connectivity index (χ1) is 15.5. The lowest BCUT2D eigenvalue weighted by molar-refractivity contribution is -0.126. The molecule has 1 aromatic heterocycles. The molecule has 3 heterocycles.